The molecule has 0 aromatic rings. The predicted molar refractivity (Wildman–Crippen MR) is 67.5 cm³/mol. The molecule has 1 unspecified atom stereocenters. The second-order valence-corrected chi connectivity index (χ2v) is 6.59. The minimum Gasteiger partial charge on any atom is -0.389 e. The van der Waals surface area contributed by atoms with E-state index >= 15 is 0 Å². The number of rotatable bonds is 4. The van der Waals surface area contributed by atoms with Gasteiger partial charge in [0.05, 0.1) is 11.2 Å². The molecule has 0 heterocycles. The Hall–Kier alpha value is -0.0800. The highest BCUT2D eigenvalue weighted by molar-refractivity contribution is 4.97. The van der Waals surface area contributed by atoms with Gasteiger partial charge in [0.2, 0.25) is 0 Å². The van der Waals surface area contributed by atoms with E-state index in [-0.39, 0.29) is 11.0 Å². The van der Waals surface area contributed by atoms with E-state index in [0.29, 0.717) is 0 Å². The van der Waals surface area contributed by atoms with Crippen LogP contribution in [-0.4, -0.2) is 23.4 Å². The van der Waals surface area contributed by atoms with Gasteiger partial charge in [-0.2, -0.15) is 0 Å². The molecule has 1 rings (SSSR count). The summed E-state index contributed by atoms with van der Waals surface area (Å²) in [6.07, 6.45) is 6.26. The maximum absolute atomic E-state index is 10.8. The van der Waals surface area contributed by atoms with Crippen molar-refractivity contribution in [3.63, 3.8) is 0 Å². The summed E-state index contributed by atoms with van der Waals surface area (Å²) >= 11 is 0. The summed E-state index contributed by atoms with van der Waals surface area (Å²) < 4.78 is 5.43. The maximum Gasteiger partial charge on any atom is 0.0699 e. The second kappa shape index (κ2) is 4.66. The lowest BCUT2D eigenvalue weighted by Crippen LogP contribution is -2.48. The summed E-state index contributed by atoms with van der Waals surface area (Å²) in [5.74, 6) is 0. The molecule has 1 saturated carbocycles. The first-order chi connectivity index (χ1) is 7.22. The Bertz CT molecular complexity index is 233. The third-order valence-electron chi connectivity index (χ3n) is 4.60. The zero-order valence-electron chi connectivity index (χ0n) is 11.6. The summed E-state index contributed by atoms with van der Waals surface area (Å²) in [7, 11) is 1.75. The van der Waals surface area contributed by atoms with Gasteiger partial charge in [-0.15, -0.1) is 0 Å². The van der Waals surface area contributed by atoms with Crippen molar-refractivity contribution >= 4 is 0 Å². The summed E-state index contributed by atoms with van der Waals surface area (Å²) in [6, 6.07) is 0. The van der Waals surface area contributed by atoms with Crippen molar-refractivity contribution in [2.24, 2.45) is 5.41 Å². The van der Waals surface area contributed by atoms with Crippen LogP contribution in [-0.2, 0) is 4.74 Å². The maximum atomic E-state index is 10.8. The Morgan fingerprint density at radius 1 is 1.19 bits per heavy atom. The average Bonchev–Trinajstić information content (AvgIpc) is 2.20. The van der Waals surface area contributed by atoms with Gasteiger partial charge in [-0.3, -0.25) is 0 Å². The highest BCUT2D eigenvalue weighted by atomic mass is 16.5. The third kappa shape index (κ3) is 2.98. The van der Waals surface area contributed by atoms with Crippen molar-refractivity contribution in [1.82, 2.24) is 0 Å². The molecule has 16 heavy (non-hydrogen) atoms. The zero-order chi connectivity index (χ0) is 12.4. The predicted octanol–water partition coefficient (Wildman–Crippen LogP) is 3.52. The summed E-state index contributed by atoms with van der Waals surface area (Å²) in [6.45, 7) is 8.58. The molecule has 1 aliphatic rings. The van der Waals surface area contributed by atoms with Gasteiger partial charge >= 0.3 is 0 Å². The van der Waals surface area contributed by atoms with Gasteiger partial charge < -0.3 is 9.84 Å². The van der Waals surface area contributed by atoms with E-state index in [1.54, 1.807) is 7.11 Å². The first kappa shape index (κ1) is 14.0. The lowest BCUT2D eigenvalue weighted by molar-refractivity contribution is -0.115. The monoisotopic (exact) mass is 228 g/mol. The highest BCUT2D eigenvalue weighted by Crippen LogP contribution is 2.47. The van der Waals surface area contributed by atoms with Crippen LogP contribution in [0.4, 0.5) is 0 Å². The molecule has 0 aliphatic heterocycles. The van der Waals surface area contributed by atoms with Gasteiger partial charge in [-0.25, -0.2) is 0 Å². The van der Waals surface area contributed by atoms with Crippen LogP contribution >= 0.6 is 0 Å². The number of methoxy groups -OCH3 is 1. The van der Waals surface area contributed by atoms with Crippen molar-refractivity contribution in [3.05, 3.63) is 0 Å². The van der Waals surface area contributed by atoms with E-state index in [0.717, 1.165) is 32.1 Å². The molecule has 1 N–H and O–H groups in total. The van der Waals surface area contributed by atoms with E-state index in [9.17, 15) is 5.11 Å². The average molecular weight is 228 g/mol. The van der Waals surface area contributed by atoms with Crippen molar-refractivity contribution in [2.45, 2.75) is 77.4 Å². The van der Waals surface area contributed by atoms with Crippen LogP contribution in [0.5, 0.6) is 0 Å². The molecule has 1 fully saturated rings. The van der Waals surface area contributed by atoms with Crippen molar-refractivity contribution in [1.29, 1.82) is 0 Å². The first-order valence-corrected chi connectivity index (χ1v) is 6.50. The number of hydrogen-bond donors (Lipinski definition) is 1. The van der Waals surface area contributed by atoms with Crippen molar-refractivity contribution in [3.8, 4) is 0 Å². The fraction of sp³-hybridized carbons (Fsp3) is 1.00. The van der Waals surface area contributed by atoms with Crippen LogP contribution in [0.25, 0.3) is 0 Å². The molecular weight excluding hydrogens is 200 g/mol. The number of aliphatic hydroxyl groups is 1. The Balaban J connectivity index is 2.63. The molecule has 0 saturated heterocycles. The van der Waals surface area contributed by atoms with E-state index in [4.69, 9.17) is 4.74 Å². The zero-order valence-corrected chi connectivity index (χ0v) is 11.6. The van der Waals surface area contributed by atoms with Crippen molar-refractivity contribution < 1.29 is 9.84 Å². The molecule has 0 aromatic heterocycles. The minimum atomic E-state index is -0.499. The van der Waals surface area contributed by atoms with Crippen LogP contribution in [0.3, 0.4) is 0 Å². The van der Waals surface area contributed by atoms with Gasteiger partial charge in [-0.05, 0) is 44.9 Å². The Morgan fingerprint density at radius 3 is 2.25 bits per heavy atom. The Morgan fingerprint density at radius 2 is 1.75 bits per heavy atom. The normalized spacial score (nSPS) is 30.4. The van der Waals surface area contributed by atoms with E-state index in [2.05, 4.69) is 27.7 Å². The Kier molecular flexibility index (Phi) is 4.07. The fourth-order valence-corrected chi connectivity index (χ4v) is 2.63. The molecule has 0 spiro atoms. The van der Waals surface area contributed by atoms with Crippen molar-refractivity contribution in [2.75, 3.05) is 7.11 Å². The fourth-order valence-electron chi connectivity index (χ4n) is 2.63. The molecule has 96 valence electrons. The van der Waals surface area contributed by atoms with Crippen LogP contribution < -0.4 is 0 Å². The van der Waals surface area contributed by atoms with Crippen LogP contribution in [0.1, 0.15) is 66.2 Å². The molecule has 0 aromatic carbocycles. The van der Waals surface area contributed by atoms with Crippen LogP contribution in [0.2, 0.25) is 0 Å². The molecule has 0 bridgehead atoms. The smallest absolute Gasteiger partial charge is 0.0699 e. The summed E-state index contributed by atoms with van der Waals surface area (Å²) in [4.78, 5) is 0. The molecular formula is C14H28O2. The molecule has 0 amide bonds. The number of ether oxygens (including phenoxy) is 1. The highest BCUT2D eigenvalue weighted by Gasteiger charge is 2.45. The van der Waals surface area contributed by atoms with Crippen LogP contribution in [0, 0.1) is 5.41 Å². The molecule has 1 aliphatic carbocycles. The van der Waals surface area contributed by atoms with E-state index < -0.39 is 5.60 Å². The quantitative estimate of drug-likeness (QED) is 0.797. The standard InChI is InChI=1S/C14H28O2/c1-12(2)8-6-7-9-14(12,15)11-10-13(3,4)16-5/h15H,6-11H2,1-5H3. The largest absolute Gasteiger partial charge is 0.389 e. The third-order valence-corrected chi connectivity index (χ3v) is 4.60. The van der Waals surface area contributed by atoms with Gasteiger partial charge in [0.25, 0.3) is 0 Å². The van der Waals surface area contributed by atoms with E-state index in [1.807, 2.05) is 0 Å². The summed E-state index contributed by atoms with van der Waals surface area (Å²) in [5, 5.41) is 10.8. The lowest BCUT2D eigenvalue weighted by Gasteiger charge is -2.47. The summed E-state index contributed by atoms with van der Waals surface area (Å²) in [5.41, 5.74) is -0.570. The lowest BCUT2D eigenvalue weighted by atomic mass is 9.63. The van der Waals surface area contributed by atoms with E-state index in [1.165, 1.54) is 6.42 Å². The molecule has 1 atom stereocenters. The van der Waals surface area contributed by atoms with Crippen LogP contribution in [0.15, 0.2) is 0 Å². The first-order valence-electron chi connectivity index (χ1n) is 6.50. The SMILES string of the molecule is COC(C)(C)CCC1(O)CCCCC1(C)C. The minimum absolute atomic E-state index is 0.0507. The Labute approximate surface area is 100 Å². The molecule has 2 nitrogen and oxygen atoms in total. The van der Waals surface area contributed by atoms with Gasteiger partial charge in [0.15, 0.2) is 0 Å². The topological polar surface area (TPSA) is 29.5 Å². The van der Waals surface area contributed by atoms with Gasteiger partial charge in [-0.1, -0.05) is 26.7 Å². The van der Waals surface area contributed by atoms with Gasteiger partial charge in [0, 0.05) is 7.11 Å². The van der Waals surface area contributed by atoms with Gasteiger partial charge in [0.1, 0.15) is 0 Å². The molecule has 0 radical (unpaired) electrons. The molecule has 2 heteroatoms. The second-order valence-electron chi connectivity index (χ2n) is 6.59. The number of hydrogen-bond acceptors (Lipinski definition) is 2.